The second-order valence-electron chi connectivity index (χ2n) is 3.43. The molecule has 0 unspecified atom stereocenters. The van der Waals surface area contributed by atoms with Crippen molar-refractivity contribution in [3.05, 3.63) is 22.4 Å². The third kappa shape index (κ3) is 2.23. The molecule has 5 heteroatoms. The molecule has 0 bridgehead atoms. The summed E-state index contributed by atoms with van der Waals surface area (Å²) in [4.78, 5) is 1.96. The molecule has 1 saturated heterocycles. The van der Waals surface area contributed by atoms with Crippen LogP contribution >= 0.6 is 15.9 Å². The van der Waals surface area contributed by atoms with Crippen molar-refractivity contribution < 1.29 is 9.13 Å². The van der Waals surface area contributed by atoms with Crippen molar-refractivity contribution in [2.45, 2.75) is 0 Å². The third-order valence-corrected chi connectivity index (χ3v) is 2.97. The van der Waals surface area contributed by atoms with Crippen LogP contribution in [-0.4, -0.2) is 26.3 Å². The van der Waals surface area contributed by atoms with Crippen molar-refractivity contribution >= 4 is 27.3 Å². The van der Waals surface area contributed by atoms with E-state index in [1.54, 1.807) is 6.07 Å². The lowest BCUT2D eigenvalue weighted by molar-refractivity contribution is 0.122. The van der Waals surface area contributed by atoms with E-state index in [1.165, 1.54) is 6.07 Å². The topological polar surface area (TPSA) is 38.5 Å². The van der Waals surface area contributed by atoms with Crippen molar-refractivity contribution in [3.8, 4) is 0 Å². The predicted octanol–water partition coefficient (Wildman–Crippen LogP) is 2.01. The molecule has 0 saturated carbocycles. The van der Waals surface area contributed by atoms with E-state index >= 15 is 0 Å². The van der Waals surface area contributed by atoms with Crippen molar-refractivity contribution in [3.63, 3.8) is 0 Å². The Balaban J connectivity index is 2.33. The fourth-order valence-electron chi connectivity index (χ4n) is 1.67. The smallest absolute Gasteiger partial charge is 0.149 e. The summed E-state index contributed by atoms with van der Waals surface area (Å²) in [5.74, 6) is -0.288. The van der Waals surface area contributed by atoms with E-state index < -0.39 is 0 Å². The maximum absolute atomic E-state index is 13.7. The Labute approximate surface area is 96.1 Å². The summed E-state index contributed by atoms with van der Waals surface area (Å²) in [5, 5.41) is 0. The first kappa shape index (κ1) is 10.7. The van der Waals surface area contributed by atoms with Crippen LogP contribution in [0.3, 0.4) is 0 Å². The predicted molar refractivity (Wildman–Crippen MR) is 61.5 cm³/mol. The molecule has 1 aromatic carbocycles. The highest BCUT2D eigenvalue weighted by molar-refractivity contribution is 9.10. The minimum atomic E-state index is -0.288. The average molecular weight is 275 g/mol. The number of ether oxygens (including phenoxy) is 1. The molecule has 2 rings (SSSR count). The van der Waals surface area contributed by atoms with Crippen LogP contribution in [0.4, 0.5) is 15.8 Å². The number of anilines is 2. The molecular formula is C10H12BrFN2O. The quantitative estimate of drug-likeness (QED) is 0.797. The molecule has 0 aromatic heterocycles. The number of nitrogen functional groups attached to an aromatic ring is 1. The first-order valence-corrected chi connectivity index (χ1v) is 5.55. The first-order chi connectivity index (χ1) is 7.18. The second-order valence-corrected chi connectivity index (χ2v) is 4.29. The lowest BCUT2D eigenvalue weighted by atomic mass is 10.2. The van der Waals surface area contributed by atoms with Crippen LogP contribution in [0.2, 0.25) is 0 Å². The number of halogens is 2. The molecule has 82 valence electrons. The molecule has 2 N–H and O–H groups in total. The van der Waals surface area contributed by atoms with Gasteiger partial charge in [-0.2, -0.15) is 0 Å². The van der Waals surface area contributed by atoms with Crippen LogP contribution in [0, 0.1) is 5.82 Å². The molecule has 15 heavy (non-hydrogen) atoms. The van der Waals surface area contributed by atoms with Gasteiger partial charge in [0.25, 0.3) is 0 Å². The van der Waals surface area contributed by atoms with Crippen LogP contribution in [0.15, 0.2) is 16.6 Å². The van der Waals surface area contributed by atoms with E-state index in [0.29, 0.717) is 42.2 Å². The minimum absolute atomic E-state index is 0.288. The summed E-state index contributed by atoms with van der Waals surface area (Å²) in [6.07, 6.45) is 0. The third-order valence-electron chi connectivity index (χ3n) is 2.37. The molecule has 1 fully saturated rings. The van der Waals surface area contributed by atoms with Crippen molar-refractivity contribution in [1.82, 2.24) is 0 Å². The molecule has 0 amide bonds. The van der Waals surface area contributed by atoms with E-state index in [9.17, 15) is 4.39 Å². The van der Waals surface area contributed by atoms with Gasteiger partial charge in [-0.25, -0.2) is 4.39 Å². The zero-order chi connectivity index (χ0) is 10.8. The van der Waals surface area contributed by atoms with Crippen LogP contribution in [0.1, 0.15) is 0 Å². The zero-order valence-corrected chi connectivity index (χ0v) is 9.76. The molecule has 0 aliphatic carbocycles. The summed E-state index contributed by atoms with van der Waals surface area (Å²) in [6, 6.07) is 3.06. The van der Waals surface area contributed by atoms with Crippen LogP contribution in [0.25, 0.3) is 0 Å². The number of hydrogen-bond donors (Lipinski definition) is 1. The van der Waals surface area contributed by atoms with Gasteiger partial charge >= 0.3 is 0 Å². The van der Waals surface area contributed by atoms with Crippen LogP contribution in [0.5, 0.6) is 0 Å². The number of rotatable bonds is 1. The zero-order valence-electron chi connectivity index (χ0n) is 8.17. The van der Waals surface area contributed by atoms with Gasteiger partial charge in [0.1, 0.15) is 5.82 Å². The lowest BCUT2D eigenvalue weighted by Gasteiger charge is -2.30. The van der Waals surface area contributed by atoms with Crippen molar-refractivity contribution in [2.24, 2.45) is 0 Å². The van der Waals surface area contributed by atoms with Gasteiger partial charge in [-0.05, 0) is 28.1 Å². The van der Waals surface area contributed by atoms with Gasteiger partial charge in [0.15, 0.2) is 0 Å². The van der Waals surface area contributed by atoms with Crippen LogP contribution < -0.4 is 10.6 Å². The van der Waals surface area contributed by atoms with Gasteiger partial charge in [-0.15, -0.1) is 0 Å². The lowest BCUT2D eigenvalue weighted by Crippen LogP contribution is -2.37. The average Bonchev–Trinajstić information content (AvgIpc) is 2.17. The Kier molecular flexibility index (Phi) is 3.11. The number of nitrogens with two attached hydrogens (primary N) is 1. The van der Waals surface area contributed by atoms with Gasteiger partial charge in [-0.1, -0.05) is 0 Å². The Morgan fingerprint density at radius 2 is 2.00 bits per heavy atom. The normalized spacial score (nSPS) is 16.8. The molecule has 1 aromatic rings. The highest BCUT2D eigenvalue weighted by Crippen LogP contribution is 2.32. The maximum Gasteiger partial charge on any atom is 0.149 e. The van der Waals surface area contributed by atoms with Gasteiger partial charge in [0.05, 0.1) is 18.9 Å². The van der Waals surface area contributed by atoms with E-state index in [-0.39, 0.29) is 5.82 Å². The summed E-state index contributed by atoms with van der Waals surface area (Å²) in [5.41, 5.74) is 6.55. The van der Waals surface area contributed by atoms with Crippen molar-refractivity contribution in [2.75, 3.05) is 36.9 Å². The van der Waals surface area contributed by atoms with E-state index in [1.807, 2.05) is 4.90 Å². The fraction of sp³-hybridized carbons (Fsp3) is 0.400. The number of hydrogen-bond acceptors (Lipinski definition) is 3. The molecule has 1 aliphatic heterocycles. The largest absolute Gasteiger partial charge is 0.399 e. The molecule has 0 radical (unpaired) electrons. The maximum atomic E-state index is 13.7. The van der Waals surface area contributed by atoms with Gasteiger partial charge < -0.3 is 15.4 Å². The monoisotopic (exact) mass is 274 g/mol. The molecule has 1 heterocycles. The molecule has 0 spiro atoms. The Morgan fingerprint density at radius 3 is 2.60 bits per heavy atom. The Morgan fingerprint density at radius 1 is 1.33 bits per heavy atom. The number of morpholine rings is 1. The SMILES string of the molecule is Nc1cc(F)c(N2CCOCC2)c(Br)c1. The molecule has 0 atom stereocenters. The summed E-state index contributed by atoms with van der Waals surface area (Å²) >= 11 is 3.33. The van der Waals surface area contributed by atoms with Crippen LogP contribution in [-0.2, 0) is 4.74 Å². The molecule has 3 nitrogen and oxygen atoms in total. The minimum Gasteiger partial charge on any atom is -0.399 e. The Bertz CT molecular complexity index is 343. The van der Waals surface area contributed by atoms with E-state index in [2.05, 4.69) is 15.9 Å². The van der Waals surface area contributed by atoms with E-state index in [4.69, 9.17) is 10.5 Å². The second kappa shape index (κ2) is 4.37. The number of nitrogens with zero attached hydrogens (tertiary/aromatic N) is 1. The molecule has 1 aliphatic rings. The summed E-state index contributed by atoms with van der Waals surface area (Å²) in [7, 11) is 0. The van der Waals surface area contributed by atoms with Gasteiger partial charge in [0.2, 0.25) is 0 Å². The van der Waals surface area contributed by atoms with Gasteiger partial charge in [0, 0.05) is 23.2 Å². The van der Waals surface area contributed by atoms with Crippen molar-refractivity contribution in [1.29, 1.82) is 0 Å². The first-order valence-electron chi connectivity index (χ1n) is 4.75. The van der Waals surface area contributed by atoms with E-state index in [0.717, 1.165) is 0 Å². The highest BCUT2D eigenvalue weighted by atomic mass is 79.9. The molecular weight excluding hydrogens is 263 g/mol. The van der Waals surface area contributed by atoms with Gasteiger partial charge in [-0.3, -0.25) is 0 Å². The Hall–Kier alpha value is -0.810. The standard InChI is InChI=1S/C10H12BrFN2O/c11-8-5-7(13)6-9(12)10(8)14-1-3-15-4-2-14/h5-6H,1-4,13H2. The fourth-order valence-corrected chi connectivity index (χ4v) is 2.38. The summed E-state index contributed by atoms with van der Waals surface area (Å²) in [6.45, 7) is 2.69. The number of benzene rings is 1. The summed E-state index contributed by atoms with van der Waals surface area (Å²) < 4.78 is 19.6. The highest BCUT2D eigenvalue weighted by Gasteiger charge is 2.18.